The fourth-order valence-corrected chi connectivity index (χ4v) is 2.52. The van der Waals surface area contributed by atoms with E-state index in [1.54, 1.807) is 0 Å². The normalized spacial score (nSPS) is 17.9. The van der Waals surface area contributed by atoms with E-state index in [0.717, 1.165) is 5.92 Å². The zero-order chi connectivity index (χ0) is 12.0. The number of aromatic nitrogens is 2. The van der Waals surface area contributed by atoms with E-state index in [1.165, 1.54) is 29.3 Å². The van der Waals surface area contributed by atoms with Crippen molar-refractivity contribution in [3.63, 3.8) is 0 Å². The number of nitrogens with zero attached hydrogens (tertiary/aromatic N) is 2. The maximum Gasteiger partial charge on any atom is 0.0688 e. The Morgan fingerprint density at radius 2 is 2.00 bits per heavy atom. The lowest BCUT2D eigenvalue weighted by atomic mass is 10.0. The van der Waals surface area contributed by atoms with Crippen LogP contribution in [0.25, 0.3) is 10.9 Å². The average molecular weight is 228 g/mol. The van der Waals surface area contributed by atoms with Crippen LogP contribution in [0.2, 0.25) is 0 Å². The van der Waals surface area contributed by atoms with Crippen LogP contribution in [-0.4, -0.2) is 9.78 Å². The summed E-state index contributed by atoms with van der Waals surface area (Å²) in [6, 6.07) is 7.29. The van der Waals surface area contributed by atoms with Gasteiger partial charge in [-0.1, -0.05) is 26.0 Å². The third-order valence-corrected chi connectivity index (χ3v) is 3.98. The first kappa shape index (κ1) is 10.8. The second kappa shape index (κ2) is 3.86. The van der Waals surface area contributed by atoms with Crippen molar-refractivity contribution in [2.45, 2.75) is 45.6 Å². The topological polar surface area (TPSA) is 17.8 Å². The van der Waals surface area contributed by atoms with E-state index in [4.69, 9.17) is 0 Å². The molecule has 1 saturated carbocycles. The molecule has 1 heterocycles. The molecule has 3 rings (SSSR count). The van der Waals surface area contributed by atoms with E-state index in [9.17, 15) is 0 Å². The molecule has 0 amide bonds. The van der Waals surface area contributed by atoms with Gasteiger partial charge in [-0.3, -0.25) is 4.68 Å². The van der Waals surface area contributed by atoms with E-state index in [2.05, 4.69) is 48.8 Å². The molecule has 2 nitrogen and oxygen atoms in total. The minimum atomic E-state index is 0.551. The van der Waals surface area contributed by atoms with Gasteiger partial charge < -0.3 is 0 Å². The molecule has 0 radical (unpaired) electrons. The van der Waals surface area contributed by atoms with Gasteiger partial charge in [0, 0.05) is 5.39 Å². The molecule has 1 unspecified atom stereocenters. The summed E-state index contributed by atoms with van der Waals surface area (Å²) in [5.41, 5.74) is 2.71. The molecule has 0 spiro atoms. The lowest BCUT2D eigenvalue weighted by Gasteiger charge is -2.13. The van der Waals surface area contributed by atoms with Crippen LogP contribution in [-0.2, 0) is 0 Å². The minimum Gasteiger partial charge on any atom is -0.262 e. The number of benzene rings is 1. The van der Waals surface area contributed by atoms with Crippen LogP contribution >= 0.6 is 0 Å². The van der Waals surface area contributed by atoms with Gasteiger partial charge >= 0.3 is 0 Å². The lowest BCUT2D eigenvalue weighted by Crippen LogP contribution is -2.08. The number of hydrogen-bond donors (Lipinski definition) is 0. The fourth-order valence-electron chi connectivity index (χ4n) is 2.52. The van der Waals surface area contributed by atoms with Gasteiger partial charge in [0.05, 0.1) is 17.8 Å². The van der Waals surface area contributed by atoms with Crippen LogP contribution in [0.1, 0.15) is 51.1 Å². The molecular weight excluding hydrogens is 208 g/mol. The van der Waals surface area contributed by atoms with Gasteiger partial charge in [0.25, 0.3) is 0 Å². The second-order valence-corrected chi connectivity index (χ2v) is 5.64. The van der Waals surface area contributed by atoms with Gasteiger partial charge in [-0.05, 0) is 43.2 Å². The zero-order valence-corrected chi connectivity index (χ0v) is 10.9. The summed E-state index contributed by atoms with van der Waals surface area (Å²) < 4.78 is 2.22. The average Bonchev–Trinajstić information content (AvgIpc) is 3.07. The van der Waals surface area contributed by atoms with Crippen molar-refractivity contribution in [1.82, 2.24) is 9.78 Å². The van der Waals surface area contributed by atoms with Crippen molar-refractivity contribution in [3.05, 3.63) is 30.0 Å². The van der Waals surface area contributed by atoms with Crippen molar-refractivity contribution in [3.8, 4) is 0 Å². The summed E-state index contributed by atoms with van der Waals surface area (Å²) in [7, 11) is 0. The van der Waals surface area contributed by atoms with Crippen molar-refractivity contribution in [2.24, 2.45) is 5.92 Å². The van der Waals surface area contributed by atoms with Crippen LogP contribution in [0.5, 0.6) is 0 Å². The highest BCUT2D eigenvalue weighted by atomic mass is 15.3. The van der Waals surface area contributed by atoms with Crippen molar-refractivity contribution in [2.75, 3.05) is 0 Å². The molecule has 1 aromatic carbocycles. The van der Waals surface area contributed by atoms with E-state index >= 15 is 0 Å². The Morgan fingerprint density at radius 3 is 2.65 bits per heavy atom. The summed E-state index contributed by atoms with van der Waals surface area (Å²) in [5.74, 6) is 1.43. The molecule has 1 aliphatic rings. The van der Waals surface area contributed by atoms with Crippen LogP contribution in [0.15, 0.2) is 24.4 Å². The summed E-state index contributed by atoms with van der Waals surface area (Å²) >= 11 is 0. The smallest absolute Gasteiger partial charge is 0.0688 e. The van der Waals surface area contributed by atoms with Crippen LogP contribution < -0.4 is 0 Å². The predicted octanol–water partition coefficient (Wildman–Crippen LogP) is 4.13. The summed E-state index contributed by atoms with van der Waals surface area (Å²) in [6.45, 7) is 6.78. The van der Waals surface area contributed by atoms with Crippen LogP contribution in [0.3, 0.4) is 0 Å². The third-order valence-electron chi connectivity index (χ3n) is 3.98. The van der Waals surface area contributed by atoms with Crippen LogP contribution in [0, 0.1) is 5.92 Å². The van der Waals surface area contributed by atoms with Crippen molar-refractivity contribution >= 4 is 10.9 Å². The Hall–Kier alpha value is -1.31. The van der Waals surface area contributed by atoms with Gasteiger partial charge in [0.15, 0.2) is 0 Å². The van der Waals surface area contributed by atoms with E-state index < -0.39 is 0 Å². The lowest BCUT2D eigenvalue weighted by molar-refractivity contribution is 0.453. The molecule has 0 bridgehead atoms. The summed E-state index contributed by atoms with van der Waals surface area (Å²) in [6.07, 6.45) is 4.73. The van der Waals surface area contributed by atoms with Gasteiger partial charge in [-0.15, -0.1) is 0 Å². The highest BCUT2D eigenvalue weighted by Crippen LogP contribution is 2.40. The standard InChI is InChI=1S/C15H20N2/c1-10(2)13-6-7-14-9-16-17(15(14)8-13)11(3)12-4-5-12/h6-12H,4-5H2,1-3H3. The molecule has 0 N–H and O–H groups in total. The molecule has 1 fully saturated rings. The van der Waals surface area contributed by atoms with Gasteiger partial charge in [-0.2, -0.15) is 5.10 Å². The zero-order valence-electron chi connectivity index (χ0n) is 10.9. The van der Waals surface area contributed by atoms with Gasteiger partial charge in [0.2, 0.25) is 0 Å². The summed E-state index contributed by atoms with van der Waals surface area (Å²) in [5, 5.41) is 5.84. The predicted molar refractivity (Wildman–Crippen MR) is 71.3 cm³/mol. The molecule has 1 aromatic heterocycles. The Labute approximate surface area is 103 Å². The Bertz CT molecular complexity index is 535. The number of hydrogen-bond acceptors (Lipinski definition) is 1. The molecule has 17 heavy (non-hydrogen) atoms. The second-order valence-electron chi connectivity index (χ2n) is 5.64. The van der Waals surface area contributed by atoms with Gasteiger partial charge in [0.1, 0.15) is 0 Å². The number of rotatable bonds is 3. The number of fused-ring (bicyclic) bond motifs is 1. The van der Waals surface area contributed by atoms with E-state index in [1.807, 2.05) is 6.20 Å². The maximum absolute atomic E-state index is 4.57. The molecule has 90 valence electrons. The molecule has 2 aromatic rings. The molecule has 1 atom stereocenters. The monoisotopic (exact) mass is 228 g/mol. The molecular formula is C15H20N2. The van der Waals surface area contributed by atoms with Crippen molar-refractivity contribution < 1.29 is 0 Å². The Kier molecular flexibility index (Phi) is 2.46. The van der Waals surface area contributed by atoms with Crippen molar-refractivity contribution in [1.29, 1.82) is 0 Å². The highest BCUT2D eigenvalue weighted by molar-refractivity contribution is 5.79. The first-order chi connectivity index (χ1) is 8.16. The largest absolute Gasteiger partial charge is 0.262 e. The Morgan fingerprint density at radius 1 is 1.24 bits per heavy atom. The van der Waals surface area contributed by atoms with Crippen LogP contribution in [0.4, 0.5) is 0 Å². The van der Waals surface area contributed by atoms with E-state index in [-0.39, 0.29) is 0 Å². The molecule has 0 saturated heterocycles. The molecule has 2 heteroatoms. The SMILES string of the molecule is CC(C)c1ccc2cnn(C(C)C3CC3)c2c1. The third kappa shape index (κ3) is 1.86. The molecule has 0 aliphatic heterocycles. The first-order valence-corrected chi connectivity index (χ1v) is 6.64. The molecule has 1 aliphatic carbocycles. The summed E-state index contributed by atoms with van der Waals surface area (Å²) in [4.78, 5) is 0. The van der Waals surface area contributed by atoms with Gasteiger partial charge in [-0.25, -0.2) is 0 Å². The highest BCUT2D eigenvalue weighted by Gasteiger charge is 2.30. The Balaban J connectivity index is 2.08. The first-order valence-electron chi connectivity index (χ1n) is 6.64. The quantitative estimate of drug-likeness (QED) is 0.772. The fraction of sp³-hybridized carbons (Fsp3) is 0.533. The van der Waals surface area contributed by atoms with E-state index in [0.29, 0.717) is 12.0 Å². The minimum absolute atomic E-state index is 0.551. The maximum atomic E-state index is 4.57.